The normalized spacial score (nSPS) is 29.9. The molecule has 0 amide bonds. The molecule has 3 nitrogen and oxygen atoms in total. The molecule has 1 aliphatic heterocycles. The second kappa shape index (κ2) is 4.76. The highest BCUT2D eigenvalue weighted by Gasteiger charge is 2.29. The van der Waals surface area contributed by atoms with E-state index in [1.54, 1.807) is 18.3 Å². The molecule has 1 N–H and O–H groups in total. The molecule has 2 unspecified atom stereocenters. The first-order valence-corrected chi connectivity index (χ1v) is 8.52. The van der Waals surface area contributed by atoms with Gasteiger partial charge in [0, 0.05) is 4.88 Å². The van der Waals surface area contributed by atoms with Crippen LogP contribution in [0.4, 0.5) is 0 Å². The molecule has 1 saturated heterocycles. The summed E-state index contributed by atoms with van der Waals surface area (Å²) >= 11 is 5.00. The Balaban J connectivity index is 2.24. The summed E-state index contributed by atoms with van der Waals surface area (Å²) in [6, 6.07) is 3.90. The van der Waals surface area contributed by atoms with Gasteiger partial charge in [-0.2, -0.15) is 0 Å². The predicted octanol–water partition coefficient (Wildman–Crippen LogP) is 2.35. The van der Waals surface area contributed by atoms with Gasteiger partial charge in [-0.05, 0) is 48.0 Å². The maximum absolute atomic E-state index is 11.9. The summed E-state index contributed by atoms with van der Waals surface area (Å²) in [5.41, 5.74) is 0. The zero-order valence-electron chi connectivity index (χ0n) is 8.94. The predicted molar refractivity (Wildman–Crippen MR) is 70.6 cm³/mol. The minimum atomic E-state index is -2.96. The Bertz CT molecular complexity index is 469. The molecular formula is C10H14BrNO2S2. The lowest BCUT2D eigenvalue weighted by Gasteiger charge is -2.13. The van der Waals surface area contributed by atoms with E-state index in [0.29, 0.717) is 6.42 Å². The van der Waals surface area contributed by atoms with Crippen LogP contribution >= 0.6 is 27.3 Å². The Kier molecular flexibility index (Phi) is 3.73. The van der Waals surface area contributed by atoms with Gasteiger partial charge in [0.2, 0.25) is 0 Å². The highest BCUT2D eigenvalue weighted by molar-refractivity contribution is 9.11. The molecule has 6 heteroatoms. The Morgan fingerprint density at radius 3 is 2.88 bits per heavy atom. The Morgan fingerprint density at radius 1 is 1.50 bits per heavy atom. The molecule has 2 rings (SSSR count). The van der Waals surface area contributed by atoms with Crippen LogP contribution < -0.4 is 5.32 Å². The third-order valence-electron chi connectivity index (χ3n) is 2.89. The largest absolute Gasteiger partial charge is 0.308 e. The zero-order chi connectivity index (χ0) is 11.8. The van der Waals surface area contributed by atoms with Crippen molar-refractivity contribution in [3.63, 3.8) is 0 Å². The summed E-state index contributed by atoms with van der Waals surface area (Å²) in [5, 5.41) is 3.08. The quantitative estimate of drug-likeness (QED) is 0.862. The first-order chi connectivity index (χ1) is 7.49. The first kappa shape index (κ1) is 12.5. The molecule has 1 aliphatic rings. The highest BCUT2D eigenvalue weighted by atomic mass is 79.9. The first-order valence-electron chi connectivity index (χ1n) is 5.19. The number of hydrogen-bond donors (Lipinski definition) is 1. The molecular weight excluding hydrogens is 310 g/mol. The molecule has 0 aliphatic carbocycles. The highest BCUT2D eigenvalue weighted by Crippen LogP contribution is 2.30. The van der Waals surface area contributed by atoms with Gasteiger partial charge in [0.05, 0.1) is 20.8 Å². The van der Waals surface area contributed by atoms with E-state index in [-0.39, 0.29) is 17.0 Å². The van der Waals surface area contributed by atoms with Crippen molar-refractivity contribution in [2.24, 2.45) is 0 Å². The maximum Gasteiger partial charge on any atom is 0.154 e. The monoisotopic (exact) mass is 323 g/mol. The van der Waals surface area contributed by atoms with Crippen LogP contribution in [0.5, 0.6) is 0 Å². The lowest BCUT2D eigenvalue weighted by molar-refractivity contribution is 0.576. The van der Waals surface area contributed by atoms with E-state index < -0.39 is 9.84 Å². The van der Waals surface area contributed by atoms with Crippen LogP contribution in [0.3, 0.4) is 0 Å². The standard InChI is InChI=1S/C10H14BrNO2S2/c1-7-4-5-12-8(6-16(7,13)14)9-2-3-10(11)15-9/h2-3,7-8,12H,4-6H2,1H3. The van der Waals surface area contributed by atoms with Crippen molar-refractivity contribution < 1.29 is 8.42 Å². The van der Waals surface area contributed by atoms with E-state index >= 15 is 0 Å². The minimum Gasteiger partial charge on any atom is -0.308 e. The van der Waals surface area contributed by atoms with E-state index in [1.165, 1.54) is 0 Å². The van der Waals surface area contributed by atoms with Crippen LogP contribution in [-0.2, 0) is 9.84 Å². The molecule has 0 bridgehead atoms. The summed E-state index contributed by atoms with van der Waals surface area (Å²) in [6.45, 7) is 2.56. The lowest BCUT2D eigenvalue weighted by atomic mass is 10.2. The number of sulfone groups is 1. The van der Waals surface area contributed by atoms with Gasteiger partial charge in [0.15, 0.2) is 9.84 Å². The molecule has 0 saturated carbocycles. The van der Waals surface area contributed by atoms with E-state index in [1.807, 2.05) is 12.1 Å². The molecule has 1 aromatic heterocycles. The Labute approximate surface area is 108 Å². The number of rotatable bonds is 1. The van der Waals surface area contributed by atoms with Crippen LogP contribution in [0.2, 0.25) is 0 Å². The fraction of sp³-hybridized carbons (Fsp3) is 0.600. The van der Waals surface area contributed by atoms with Crippen molar-refractivity contribution in [2.75, 3.05) is 12.3 Å². The van der Waals surface area contributed by atoms with Crippen molar-refractivity contribution in [3.05, 3.63) is 20.8 Å². The van der Waals surface area contributed by atoms with Gasteiger partial charge in [-0.3, -0.25) is 0 Å². The van der Waals surface area contributed by atoms with Gasteiger partial charge < -0.3 is 5.32 Å². The Hall–Kier alpha value is 0.0900. The molecule has 16 heavy (non-hydrogen) atoms. The fourth-order valence-electron chi connectivity index (χ4n) is 1.79. The number of halogens is 1. The molecule has 1 aromatic rings. The van der Waals surface area contributed by atoms with Gasteiger partial charge >= 0.3 is 0 Å². The van der Waals surface area contributed by atoms with Crippen LogP contribution in [0.1, 0.15) is 24.3 Å². The molecule has 0 radical (unpaired) electrons. The molecule has 1 fully saturated rings. The molecule has 2 atom stereocenters. The van der Waals surface area contributed by atoms with Crippen LogP contribution in [0, 0.1) is 0 Å². The second-order valence-electron chi connectivity index (χ2n) is 4.08. The summed E-state index contributed by atoms with van der Waals surface area (Å²) in [4.78, 5) is 1.09. The van der Waals surface area contributed by atoms with Crippen molar-refractivity contribution in [1.29, 1.82) is 0 Å². The van der Waals surface area contributed by atoms with Crippen LogP contribution in [0.15, 0.2) is 15.9 Å². The fourth-order valence-corrected chi connectivity index (χ4v) is 4.97. The average molecular weight is 324 g/mol. The number of nitrogens with one attached hydrogen (secondary N) is 1. The summed E-state index contributed by atoms with van der Waals surface area (Å²) in [7, 11) is -2.96. The zero-order valence-corrected chi connectivity index (χ0v) is 12.2. The smallest absolute Gasteiger partial charge is 0.154 e. The van der Waals surface area contributed by atoms with Crippen molar-refractivity contribution >= 4 is 37.1 Å². The summed E-state index contributed by atoms with van der Waals surface area (Å²) in [5.74, 6) is 0.209. The van der Waals surface area contributed by atoms with E-state index in [9.17, 15) is 8.42 Å². The maximum atomic E-state index is 11.9. The number of hydrogen-bond acceptors (Lipinski definition) is 4. The topological polar surface area (TPSA) is 46.2 Å². The Morgan fingerprint density at radius 2 is 2.25 bits per heavy atom. The van der Waals surface area contributed by atoms with Crippen molar-refractivity contribution in [1.82, 2.24) is 5.32 Å². The van der Waals surface area contributed by atoms with Gasteiger partial charge in [0.25, 0.3) is 0 Å². The SMILES string of the molecule is CC1CCNC(c2ccc(Br)s2)CS1(=O)=O. The number of thiophene rings is 1. The van der Waals surface area contributed by atoms with E-state index in [2.05, 4.69) is 21.2 Å². The second-order valence-corrected chi connectivity index (χ2v) is 9.04. The summed E-state index contributed by atoms with van der Waals surface area (Å²) in [6.07, 6.45) is 0.700. The van der Waals surface area contributed by atoms with Gasteiger partial charge in [-0.1, -0.05) is 0 Å². The molecule has 2 heterocycles. The third-order valence-corrected chi connectivity index (χ3v) is 6.89. The molecule has 90 valence electrons. The minimum absolute atomic E-state index is 0.0498. The van der Waals surface area contributed by atoms with Gasteiger partial charge in [0.1, 0.15) is 0 Å². The average Bonchev–Trinajstić information content (AvgIpc) is 2.57. The van der Waals surface area contributed by atoms with E-state index in [0.717, 1.165) is 15.2 Å². The van der Waals surface area contributed by atoms with Crippen molar-refractivity contribution in [2.45, 2.75) is 24.6 Å². The lowest BCUT2D eigenvalue weighted by Crippen LogP contribution is -2.25. The summed E-state index contributed by atoms with van der Waals surface area (Å²) < 4.78 is 24.9. The van der Waals surface area contributed by atoms with Crippen LogP contribution in [-0.4, -0.2) is 26.0 Å². The van der Waals surface area contributed by atoms with Gasteiger partial charge in [-0.15, -0.1) is 11.3 Å². The molecule has 0 aromatic carbocycles. The van der Waals surface area contributed by atoms with Crippen LogP contribution in [0.25, 0.3) is 0 Å². The molecule has 0 spiro atoms. The third kappa shape index (κ3) is 2.67. The van der Waals surface area contributed by atoms with Gasteiger partial charge in [-0.25, -0.2) is 8.42 Å². The van der Waals surface area contributed by atoms with E-state index in [4.69, 9.17) is 0 Å². The van der Waals surface area contributed by atoms with Crippen molar-refractivity contribution in [3.8, 4) is 0 Å².